The van der Waals surface area contributed by atoms with Gasteiger partial charge >= 0.3 is 0 Å². The van der Waals surface area contributed by atoms with Gasteiger partial charge in [0.15, 0.2) is 0 Å². The highest BCUT2D eigenvalue weighted by Gasteiger charge is 2.06. The van der Waals surface area contributed by atoms with E-state index in [1.165, 1.54) is 10.4 Å². The van der Waals surface area contributed by atoms with Gasteiger partial charge in [-0.2, -0.15) is 0 Å². The monoisotopic (exact) mass is 232 g/mol. The summed E-state index contributed by atoms with van der Waals surface area (Å²) < 4.78 is 0. The van der Waals surface area contributed by atoms with E-state index in [-0.39, 0.29) is 0 Å². The van der Waals surface area contributed by atoms with Crippen molar-refractivity contribution in [3.63, 3.8) is 0 Å². The highest BCUT2D eigenvalue weighted by molar-refractivity contribution is 7.10. The average molecular weight is 232 g/mol. The fourth-order valence-electron chi connectivity index (χ4n) is 1.59. The average Bonchev–Trinajstić information content (AvgIpc) is 2.81. The molecule has 0 aliphatic heterocycles. The SMILES string of the molecule is Cc1cccnc1CN[C@@H](C)c1cccs1. The number of hydrogen-bond donors (Lipinski definition) is 1. The zero-order chi connectivity index (χ0) is 11.4. The van der Waals surface area contributed by atoms with Crippen molar-refractivity contribution in [3.8, 4) is 0 Å². The van der Waals surface area contributed by atoms with E-state index in [9.17, 15) is 0 Å². The largest absolute Gasteiger partial charge is 0.304 e. The number of rotatable bonds is 4. The minimum absolute atomic E-state index is 0.390. The number of pyridine rings is 1. The van der Waals surface area contributed by atoms with E-state index < -0.39 is 0 Å². The van der Waals surface area contributed by atoms with Crippen molar-refractivity contribution in [2.45, 2.75) is 26.4 Å². The molecule has 0 saturated heterocycles. The van der Waals surface area contributed by atoms with Gasteiger partial charge in [-0.25, -0.2) is 0 Å². The Balaban J connectivity index is 1.95. The Bertz CT molecular complexity index is 437. The molecule has 0 amide bonds. The Morgan fingerprint density at radius 2 is 2.25 bits per heavy atom. The Kier molecular flexibility index (Phi) is 3.70. The summed E-state index contributed by atoms with van der Waals surface area (Å²) in [6.45, 7) is 5.11. The summed E-state index contributed by atoms with van der Waals surface area (Å²) >= 11 is 1.79. The molecule has 0 bridgehead atoms. The predicted octanol–water partition coefficient (Wildman–Crippen LogP) is 3.30. The van der Waals surface area contributed by atoms with E-state index in [1.54, 1.807) is 11.3 Å². The summed E-state index contributed by atoms with van der Waals surface area (Å²) in [5, 5.41) is 5.60. The minimum Gasteiger partial charge on any atom is -0.304 e. The fraction of sp³-hybridized carbons (Fsp3) is 0.308. The van der Waals surface area contributed by atoms with E-state index in [1.807, 2.05) is 12.3 Å². The van der Waals surface area contributed by atoms with Crippen LogP contribution in [-0.2, 0) is 6.54 Å². The lowest BCUT2D eigenvalue weighted by Crippen LogP contribution is -2.18. The number of nitrogens with zero attached hydrogens (tertiary/aromatic N) is 1. The summed E-state index contributed by atoms with van der Waals surface area (Å²) in [6.07, 6.45) is 1.85. The lowest BCUT2D eigenvalue weighted by Gasteiger charge is -2.12. The summed E-state index contributed by atoms with van der Waals surface area (Å²) in [4.78, 5) is 5.74. The molecular formula is C13H16N2S. The van der Waals surface area contributed by atoms with Crippen LogP contribution in [0.4, 0.5) is 0 Å². The molecule has 0 spiro atoms. The van der Waals surface area contributed by atoms with Crippen LogP contribution in [0.3, 0.4) is 0 Å². The van der Waals surface area contributed by atoms with Crippen LogP contribution in [0.2, 0.25) is 0 Å². The second-order valence-electron chi connectivity index (χ2n) is 3.89. The van der Waals surface area contributed by atoms with Gasteiger partial charge in [-0.1, -0.05) is 12.1 Å². The molecule has 0 unspecified atom stereocenters. The molecule has 0 fully saturated rings. The van der Waals surface area contributed by atoms with Crippen LogP contribution in [0.1, 0.15) is 29.1 Å². The molecule has 1 N–H and O–H groups in total. The topological polar surface area (TPSA) is 24.9 Å². The lowest BCUT2D eigenvalue weighted by molar-refractivity contribution is 0.574. The molecule has 0 aliphatic rings. The fourth-order valence-corrected chi connectivity index (χ4v) is 2.35. The third kappa shape index (κ3) is 2.68. The van der Waals surface area contributed by atoms with E-state index in [0.717, 1.165) is 12.2 Å². The highest BCUT2D eigenvalue weighted by Crippen LogP contribution is 2.18. The molecule has 2 nitrogen and oxygen atoms in total. The Morgan fingerprint density at radius 3 is 2.94 bits per heavy atom. The van der Waals surface area contributed by atoms with Crippen molar-refractivity contribution in [1.29, 1.82) is 0 Å². The zero-order valence-corrected chi connectivity index (χ0v) is 10.4. The molecule has 0 aromatic carbocycles. The molecule has 84 valence electrons. The minimum atomic E-state index is 0.390. The van der Waals surface area contributed by atoms with Gasteiger partial charge in [0.1, 0.15) is 0 Å². The van der Waals surface area contributed by atoms with Crippen molar-refractivity contribution in [2.75, 3.05) is 0 Å². The second kappa shape index (κ2) is 5.23. The first-order chi connectivity index (χ1) is 7.77. The van der Waals surface area contributed by atoms with Crippen molar-refractivity contribution in [1.82, 2.24) is 10.3 Å². The van der Waals surface area contributed by atoms with Crippen molar-refractivity contribution in [3.05, 3.63) is 52.0 Å². The summed E-state index contributed by atoms with van der Waals surface area (Å²) in [5.41, 5.74) is 2.37. The zero-order valence-electron chi connectivity index (χ0n) is 9.60. The third-order valence-electron chi connectivity index (χ3n) is 2.66. The number of nitrogens with one attached hydrogen (secondary N) is 1. The number of aromatic nitrogens is 1. The Hall–Kier alpha value is -1.19. The molecule has 0 saturated carbocycles. The van der Waals surface area contributed by atoms with Crippen LogP contribution < -0.4 is 5.32 Å². The maximum absolute atomic E-state index is 4.37. The molecule has 16 heavy (non-hydrogen) atoms. The summed E-state index contributed by atoms with van der Waals surface area (Å²) in [7, 11) is 0. The smallest absolute Gasteiger partial charge is 0.0570 e. The van der Waals surface area contributed by atoms with E-state index in [2.05, 4.69) is 47.7 Å². The van der Waals surface area contributed by atoms with Gasteiger partial charge in [-0.15, -0.1) is 11.3 Å². The highest BCUT2D eigenvalue weighted by atomic mass is 32.1. The van der Waals surface area contributed by atoms with Gasteiger partial charge < -0.3 is 5.32 Å². The van der Waals surface area contributed by atoms with Gasteiger partial charge in [-0.05, 0) is 36.9 Å². The molecule has 3 heteroatoms. The quantitative estimate of drug-likeness (QED) is 0.875. The number of thiophene rings is 1. The summed E-state index contributed by atoms with van der Waals surface area (Å²) in [6, 6.07) is 8.71. The van der Waals surface area contributed by atoms with Gasteiger partial charge in [0.25, 0.3) is 0 Å². The molecular weight excluding hydrogens is 216 g/mol. The van der Waals surface area contributed by atoms with Crippen LogP contribution in [0.15, 0.2) is 35.8 Å². The van der Waals surface area contributed by atoms with Crippen LogP contribution in [0.5, 0.6) is 0 Å². The van der Waals surface area contributed by atoms with Crippen LogP contribution in [-0.4, -0.2) is 4.98 Å². The van der Waals surface area contributed by atoms with E-state index in [4.69, 9.17) is 0 Å². The number of hydrogen-bond acceptors (Lipinski definition) is 3. The van der Waals surface area contributed by atoms with Crippen LogP contribution >= 0.6 is 11.3 Å². The van der Waals surface area contributed by atoms with Crippen LogP contribution in [0, 0.1) is 6.92 Å². The third-order valence-corrected chi connectivity index (χ3v) is 3.72. The molecule has 2 aromatic heterocycles. The first-order valence-corrected chi connectivity index (χ1v) is 6.32. The second-order valence-corrected chi connectivity index (χ2v) is 4.86. The normalized spacial score (nSPS) is 12.6. The standard InChI is InChI=1S/C13H16N2S/c1-10-5-3-7-14-12(10)9-15-11(2)13-6-4-8-16-13/h3-8,11,15H,9H2,1-2H3/t11-/m0/s1. The van der Waals surface area contributed by atoms with E-state index in [0.29, 0.717) is 6.04 Å². The molecule has 2 rings (SSSR count). The first kappa shape index (κ1) is 11.3. The van der Waals surface area contributed by atoms with Crippen molar-refractivity contribution in [2.24, 2.45) is 0 Å². The van der Waals surface area contributed by atoms with Gasteiger partial charge in [0, 0.05) is 23.7 Å². The van der Waals surface area contributed by atoms with Crippen LogP contribution in [0.25, 0.3) is 0 Å². The van der Waals surface area contributed by atoms with Crippen molar-refractivity contribution >= 4 is 11.3 Å². The molecule has 1 atom stereocenters. The molecule has 2 aromatic rings. The lowest BCUT2D eigenvalue weighted by atomic mass is 10.2. The van der Waals surface area contributed by atoms with Gasteiger partial charge in [0.2, 0.25) is 0 Å². The molecule has 0 aliphatic carbocycles. The predicted molar refractivity (Wildman–Crippen MR) is 68.5 cm³/mol. The molecule has 0 radical (unpaired) electrons. The maximum Gasteiger partial charge on any atom is 0.0570 e. The Labute approximate surface area is 100 Å². The van der Waals surface area contributed by atoms with Gasteiger partial charge in [0.05, 0.1) is 5.69 Å². The van der Waals surface area contributed by atoms with E-state index >= 15 is 0 Å². The summed E-state index contributed by atoms with van der Waals surface area (Å²) in [5.74, 6) is 0. The maximum atomic E-state index is 4.37. The molecule has 2 heterocycles. The van der Waals surface area contributed by atoms with Crippen molar-refractivity contribution < 1.29 is 0 Å². The Morgan fingerprint density at radius 1 is 1.38 bits per heavy atom. The first-order valence-electron chi connectivity index (χ1n) is 5.44. The van der Waals surface area contributed by atoms with Gasteiger partial charge in [-0.3, -0.25) is 4.98 Å². The number of aryl methyl sites for hydroxylation is 1.